The van der Waals surface area contributed by atoms with Crippen molar-refractivity contribution in [3.05, 3.63) is 60.6 Å². The van der Waals surface area contributed by atoms with Crippen molar-refractivity contribution in [1.29, 1.82) is 0 Å². The van der Waals surface area contributed by atoms with E-state index in [0.29, 0.717) is 29.5 Å². The lowest BCUT2D eigenvalue weighted by atomic mass is 10.3. The molecule has 0 atom stereocenters. The third kappa shape index (κ3) is 4.50. The second-order valence-corrected chi connectivity index (χ2v) is 5.44. The number of anilines is 2. The summed E-state index contributed by atoms with van der Waals surface area (Å²) < 4.78 is 12.1. The van der Waals surface area contributed by atoms with Crippen LogP contribution in [0.5, 0.6) is 11.5 Å². The minimum atomic E-state index is -0.410. The van der Waals surface area contributed by atoms with E-state index < -0.39 is 6.03 Å². The molecule has 8 nitrogen and oxygen atoms in total. The molecule has 0 bridgehead atoms. The predicted molar refractivity (Wildman–Crippen MR) is 97.8 cm³/mol. The van der Waals surface area contributed by atoms with Crippen molar-refractivity contribution in [2.45, 2.75) is 6.54 Å². The standard InChI is InChI=1S/C18H19N5O3/c1-25-15-8-14(9-16(10-15)26-2)20-18(24)21-17-5-7-23(22-17)12-13-4-3-6-19-11-13/h3-11H,12H2,1-2H3,(H2,20,21,22,24). The summed E-state index contributed by atoms with van der Waals surface area (Å²) in [6.07, 6.45) is 5.28. The molecule has 26 heavy (non-hydrogen) atoms. The van der Waals surface area contributed by atoms with E-state index in [9.17, 15) is 4.79 Å². The van der Waals surface area contributed by atoms with E-state index in [-0.39, 0.29) is 0 Å². The van der Waals surface area contributed by atoms with Crippen molar-refractivity contribution in [3.63, 3.8) is 0 Å². The third-order valence-electron chi connectivity index (χ3n) is 3.56. The molecule has 0 aliphatic rings. The fraction of sp³-hybridized carbons (Fsp3) is 0.167. The Labute approximate surface area is 150 Å². The van der Waals surface area contributed by atoms with Crippen LogP contribution in [0.1, 0.15) is 5.56 Å². The molecule has 2 heterocycles. The van der Waals surface area contributed by atoms with Crippen LogP contribution >= 0.6 is 0 Å². The summed E-state index contributed by atoms with van der Waals surface area (Å²) in [7, 11) is 3.10. The lowest BCUT2D eigenvalue weighted by Gasteiger charge is -2.10. The summed E-state index contributed by atoms with van der Waals surface area (Å²) in [5.74, 6) is 1.61. The number of nitrogens with one attached hydrogen (secondary N) is 2. The van der Waals surface area contributed by atoms with Gasteiger partial charge in [0.15, 0.2) is 5.82 Å². The maximum absolute atomic E-state index is 12.2. The van der Waals surface area contributed by atoms with Crippen LogP contribution in [0.2, 0.25) is 0 Å². The van der Waals surface area contributed by atoms with Crippen LogP contribution in [-0.2, 0) is 6.54 Å². The number of hydrogen-bond donors (Lipinski definition) is 2. The number of benzene rings is 1. The van der Waals surface area contributed by atoms with Gasteiger partial charge >= 0.3 is 6.03 Å². The number of urea groups is 1. The summed E-state index contributed by atoms with van der Waals surface area (Å²) in [6, 6.07) is 10.3. The Kier molecular flexibility index (Phi) is 5.33. The van der Waals surface area contributed by atoms with Gasteiger partial charge in [-0.2, -0.15) is 5.10 Å². The van der Waals surface area contributed by atoms with Crippen LogP contribution in [-0.4, -0.2) is 35.0 Å². The molecule has 0 unspecified atom stereocenters. The molecule has 134 valence electrons. The maximum atomic E-state index is 12.2. The summed E-state index contributed by atoms with van der Waals surface area (Å²) in [4.78, 5) is 16.3. The Morgan fingerprint density at radius 3 is 2.54 bits per heavy atom. The minimum Gasteiger partial charge on any atom is -0.497 e. The Morgan fingerprint density at radius 1 is 1.12 bits per heavy atom. The average Bonchev–Trinajstić information content (AvgIpc) is 3.08. The molecule has 2 N–H and O–H groups in total. The van der Waals surface area contributed by atoms with Gasteiger partial charge in [0.1, 0.15) is 11.5 Å². The number of pyridine rings is 1. The highest BCUT2D eigenvalue weighted by Gasteiger charge is 2.08. The zero-order valence-corrected chi connectivity index (χ0v) is 14.5. The fourth-order valence-corrected chi connectivity index (χ4v) is 2.35. The predicted octanol–water partition coefficient (Wildman–Crippen LogP) is 2.99. The smallest absolute Gasteiger partial charge is 0.324 e. The summed E-state index contributed by atoms with van der Waals surface area (Å²) in [5.41, 5.74) is 1.57. The molecule has 2 amide bonds. The van der Waals surface area contributed by atoms with Gasteiger partial charge in [-0.05, 0) is 11.6 Å². The molecular weight excluding hydrogens is 334 g/mol. The molecule has 0 spiro atoms. The second-order valence-electron chi connectivity index (χ2n) is 5.44. The van der Waals surface area contributed by atoms with Crippen molar-refractivity contribution < 1.29 is 14.3 Å². The van der Waals surface area contributed by atoms with Gasteiger partial charge in [0.2, 0.25) is 0 Å². The molecule has 0 radical (unpaired) electrons. The van der Waals surface area contributed by atoms with Crippen LogP contribution in [0.3, 0.4) is 0 Å². The first kappa shape index (κ1) is 17.3. The van der Waals surface area contributed by atoms with Gasteiger partial charge in [-0.1, -0.05) is 6.07 Å². The van der Waals surface area contributed by atoms with E-state index in [2.05, 4.69) is 20.7 Å². The average molecular weight is 353 g/mol. The number of hydrogen-bond acceptors (Lipinski definition) is 5. The van der Waals surface area contributed by atoms with Gasteiger partial charge < -0.3 is 14.8 Å². The molecule has 0 saturated heterocycles. The van der Waals surface area contributed by atoms with Crippen LogP contribution in [0, 0.1) is 0 Å². The van der Waals surface area contributed by atoms with E-state index in [1.54, 1.807) is 61.8 Å². The number of rotatable bonds is 6. The summed E-state index contributed by atoms with van der Waals surface area (Å²) in [5, 5.41) is 9.74. The van der Waals surface area contributed by atoms with Gasteiger partial charge in [-0.15, -0.1) is 0 Å². The van der Waals surface area contributed by atoms with Gasteiger partial charge in [0, 0.05) is 48.5 Å². The molecule has 8 heteroatoms. The molecular formula is C18H19N5O3. The van der Waals surface area contributed by atoms with Crippen LogP contribution in [0.25, 0.3) is 0 Å². The Balaban J connectivity index is 1.62. The number of methoxy groups -OCH3 is 2. The van der Waals surface area contributed by atoms with E-state index in [1.807, 2.05) is 12.1 Å². The Hall–Kier alpha value is -3.55. The van der Waals surface area contributed by atoms with E-state index in [0.717, 1.165) is 5.56 Å². The molecule has 0 aliphatic carbocycles. The lowest BCUT2D eigenvalue weighted by Crippen LogP contribution is -2.20. The quantitative estimate of drug-likeness (QED) is 0.711. The largest absolute Gasteiger partial charge is 0.497 e. The SMILES string of the molecule is COc1cc(NC(=O)Nc2ccn(Cc3cccnc3)n2)cc(OC)c1. The lowest BCUT2D eigenvalue weighted by molar-refractivity contribution is 0.262. The third-order valence-corrected chi connectivity index (χ3v) is 3.56. The molecule has 3 aromatic rings. The second kappa shape index (κ2) is 8.02. The number of ether oxygens (including phenoxy) is 2. The van der Waals surface area contributed by atoms with Crippen molar-refractivity contribution in [2.75, 3.05) is 24.9 Å². The van der Waals surface area contributed by atoms with E-state index in [1.165, 1.54) is 0 Å². The summed E-state index contributed by atoms with van der Waals surface area (Å²) >= 11 is 0. The van der Waals surface area contributed by atoms with Crippen molar-refractivity contribution >= 4 is 17.5 Å². The molecule has 1 aromatic carbocycles. The molecule has 2 aromatic heterocycles. The first-order valence-corrected chi connectivity index (χ1v) is 7.89. The molecule has 0 aliphatic heterocycles. The van der Waals surface area contributed by atoms with Gasteiger partial charge in [0.25, 0.3) is 0 Å². The highest BCUT2D eigenvalue weighted by molar-refractivity contribution is 5.99. The zero-order chi connectivity index (χ0) is 18.4. The first-order valence-electron chi connectivity index (χ1n) is 7.89. The summed E-state index contributed by atoms with van der Waals surface area (Å²) in [6.45, 7) is 0.574. The number of aromatic nitrogens is 3. The Morgan fingerprint density at radius 2 is 1.88 bits per heavy atom. The van der Waals surface area contributed by atoms with Crippen LogP contribution < -0.4 is 20.1 Å². The van der Waals surface area contributed by atoms with Crippen molar-refractivity contribution in [2.24, 2.45) is 0 Å². The number of nitrogens with zero attached hydrogens (tertiary/aromatic N) is 3. The van der Waals surface area contributed by atoms with E-state index >= 15 is 0 Å². The van der Waals surface area contributed by atoms with Gasteiger partial charge in [-0.3, -0.25) is 15.0 Å². The topological polar surface area (TPSA) is 90.3 Å². The fourth-order valence-electron chi connectivity index (χ4n) is 2.35. The number of carbonyl (C=O) groups is 1. The zero-order valence-electron chi connectivity index (χ0n) is 14.5. The van der Waals surface area contributed by atoms with Gasteiger partial charge in [0.05, 0.1) is 20.8 Å². The Bertz CT molecular complexity index is 857. The maximum Gasteiger partial charge on any atom is 0.324 e. The van der Waals surface area contributed by atoms with Crippen molar-refractivity contribution in [3.8, 4) is 11.5 Å². The molecule has 3 rings (SSSR count). The van der Waals surface area contributed by atoms with Crippen LogP contribution in [0.4, 0.5) is 16.3 Å². The minimum absolute atomic E-state index is 0.410. The normalized spacial score (nSPS) is 10.2. The van der Waals surface area contributed by atoms with Crippen LogP contribution in [0.15, 0.2) is 55.0 Å². The molecule has 0 fully saturated rings. The van der Waals surface area contributed by atoms with Crippen molar-refractivity contribution in [1.82, 2.24) is 14.8 Å². The highest BCUT2D eigenvalue weighted by Crippen LogP contribution is 2.25. The number of amides is 2. The highest BCUT2D eigenvalue weighted by atomic mass is 16.5. The van der Waals surface area contributed by atoms with Gasteiger partial charge in [-0.25, -0.2) is 4.79 Å². The van der Waals surface area contributed by atoms with E-state index in [4.69, 9.17) is 9.47 Å². The number of carbonyl (C=O) groups excluding carboxylic acids is 1. The first-order chi connectivity index (χ1) is 12.7. The molecule has 0 saturated carbocycles. The monoisotopic (exact) mass is 353 g/mol.